The molecule has 1 rings (SSSR count). The van der Waals surface area contributed by atoms with Crippen LogP contribution in [0.4, 0.5) is 13.2 Å². The lowest BCUT2D eigenvalue weighted by Crippen LogP contribution is -2.18. The summed E-state index contributed by atoms with van der Waals surface area (Å²) in [6, 6.07) is 7.65. The van der Waals surface area contributed by atoms with E-state index in [1.54, 1.807) is 0 Å². The summed E-state index contributed by atoms with van der Waals surface area (Å²) in [5.74, 6) is 0.741. The van der Waals surface area contributed by atoms with Crippen LogP contribution >= 0.6 is 0 Å². The van der Waals surface area contributed by atoms with Gasteiger partial charge >= 0.3 is 6.18 Å². The average molecular weight is 262 g/mol. The molecule has 0 bridgehead atoms. The second-order valence-electron chi connectivity index (χ2n) is 3.87. The predicted molar refractivity (Wildman–Crippen MR) is 62.8 cm³/mol. The van der Waals surface area contributed by atoms with Crippen LogP contribution < -0.4 is 4.74 Å². The Morgan fingerprint density at radius 3 is 2.61 bits per heavy atom. The van der Waals surface area contributed by atoms with E-state index in [0.717, 1.165) is 12.2 Å². The van der Waals surface area contributed by atoms with Crippen molar-refractivity contribution in [1.82, 2.24) is 0 Å². The molecule has 0 aliphatic carbocycles. The van der Waals surface area contributed by atoms with Gasteiger partial charge in [-0.15, -0.1) is 0 Å². The summed E-state index contributed by atoms with van der Waals surface area (Å²) in [5.41, 5.74) is 1.17. The van der Waals surface area contributed by atoms with Crippen LogP contribution in [-0.2, 0) is 11.2 Å². The number of hydrogen-bond acceptors (Lipinski definition) is 2. The highest BCUT2D eigenvalue weighted by Gasteiger charge is 2.27. The SMILES string of the molecule is CCc1cccc(OCCCOCC(F)(F)F)c1. The van der Waals surface area contributed by atoms with E-state index in [1.807, 2.05) is 31.2 Å². The summed E-state index contributed by atoms with van der Waals surface area (Å²) in [5, 5.41) is 0. The van der Waals surface area contributed by atoms with Crippen LogP contribution in [0.1, 0.15) is 18.9 Å². The summed E-state index contributed by atoms with van der Waals surface area (Å²) in [7, 11) is 0. The van der Waals surface area contributed by atoms with E-state index in [2.05, 4.69) is 4.74 Å². The Morgan fingerprint density at radius 2 is 1.94 bits per heavy atom. The van der Waals surface area contributed by atoms with Crippen LogP contribution in [-0.4, -0.2) is 26.0 Å². The minimum absolute atomic E-state index is 0.0486. The summed E-state index contributed by atoms with van der Waals surface area (Å²) in [6.07, 6.45) is -2.89. The number of alkyl halides is 3. The van der Waals surface area contributed by atoms with E-state index in [1.165, 1.54) is 5.56 Å². The Hall–Kier alpha value is -1.23. The van der Waals surface area contributed by atoms with Gasteiger partial charge in [0.1, 0.15) is 12.4 Å². The van der Waals surface area contributed by atoms with E-state index in [9.17, 15) is 13.2 Å². The highest BCUT2D eigenvalue weighted by atomic mass is 19.4. The summed E-state index contributed by atoms with van der Waals surface area (Å²) in [4.78, 5) is 0. The molecule has 0 saturated heterocycles. The molecule has 0 amide bonds. The molecule has 0 spiro atoms. The van der Waals surface area contributed by atoms with Crippen molar-refractivity contribution in [1.29, 1.82) is 0 Å². The van der Waals surface area contributed by atoms with Crippen molar-refractivity contribution >= 4 is 0 Å². The van der Waals surface area contributed by atoms with E-state index in [-0.39, 0.29) is 6.61 Å². The first-order chi connectivity index (χ1) is 8.51. The summed E-state index contributed by atoms with van der Waals surface area (Å²) < 4.78 is 45.2. The molecule has 0 aliphatic heterocycles. The molecular formula is C13H17F3O2. The number of halogens is 3. The third-order valence-electron chi connectivity index (χ3n) is 2.27. The van der Waals surface area contributed by atoms with Gasteiger partial charge in [-0.05, 0) is 24.1 Å². The smallest absolute Gasteiger partial charge is 0.411 e. The van der Waals surface area contributed by atoms with Gasteiger partial charge in [0.15, 0.2) is 0 Å². The summed E-state index contributed by atoms with van der Waals surface area (Å²) in [6.45, 7) is 1.25. The van der Waals surface area contributed by atoms with E-state index in [4.69, 9.17) is 4.74 Å². The Balaban J connectivity index is 2.14. The normalized spacial score (nSPS) is 11.6. The topological polar surface area (TPSA) is 18.5 Å². The van der Waals surface area contributed by atoms with Crippen molar-refractivity contribution in [2.75, 3.05) is 19.8 Å². The van der Waals surface area contributed by atoms with Crippen LogP contribution in [0.25, 0.3) is 0 Å². The molecule has 0 atom stereocenters. The van der Waals surface area contributed by atoms with E-state index >= 15 is 0 Å². The molecule has 0 heterocycles. The maximum absolute atomic E-state index is 11.8. The maximum Gasteiger partial charge on any atom is 0.411 e. The van der Waals surface area contributed by atoms with Gasteiger partial charge in [-0.3, -0.25) is 0 Å². The average Bonchev–Trinajstić information content (AvgIpc) is 2.32. The Labute approximate surface area is 105 Å². The third kappa shape index (κ3) is 6.49. The lowest BCUT2D eigenvalue weighted by molar-refractivity contribution is -0.174. The van der Waals surface area contributed by atoms with Crippen molar-refractivity contribution in [3.63, 3.8) is 0 Å². The molecule has 1 aromatic rings. The van der Waals surface area contributed by atoms with Crippen LogP contribution in [0.2, 0.25) is 0 Å². The first kappa shape index (κ1) is 14.8. The van der Waals surface area contributed by atoms with Crippen LogP contribution in [0, 0.1) is 0 Å². The highest BCUT2D eigenvalue weighted by molar-refractivity contribution is 5.28. The largest absolute Gasteiger partial charge is 0.493 e. The number of aryl methyl sites for hydroxylation is 1. The van der Waals surface area contributed by atoms with Gasteiger partial charge < -0.3 is 9.47 Å². The Morgan fingerprint density at radius 1 is 1.17 bits per heavy atom. The van der Waals surface area contributed by atoms with Gasteiger partial charge in [-0.25, -0.2) is 0 Å². The van der Waals surface area contributed by atoms with Crippen LogP contribution in [0.3, 0.4) is 0 Å². The molecule has 0 saturated carbocycles. The fourth-order valence-corrected chi connectivity index (χ4v) is 1.39. The zero-order valence-electron chi connectivity index (χ0n) is 10.3. The molecule has 0 aromatic heterocycles. The first-order valence-electron chi connectivity index (χ1n) is 5.87. The quantitative estimate of drug-likeness (QED) is 0.699. The van der Waals surface area contributed by atoms with Gasteiger partial charge in [0.2, 0.25) is 0 Å². The van der Waals surface area contributed by atoms with E-state index in [0.29, 0.717) is 13.0 Å². The fourth-order valence-electron chi connectivity index (χ4n) is 1.39. The van der Waals surface area contributed by atoms with Crippen LogP contribution in [0.15, 0.2) is 24.3 Å². The number of hydrogen-bond donors (Lipinski definition) is 0. The third-order valence-corrected chi connectivity index (χ3v) is 2.27. The molecule has 0 unspecified atom stereocenters. The van der Waals surface area contributed by atoms with Crippen LogP contribution in [0.5, 0.6) is 5.75 Å². The van der Waals surface area contributed by atoms with Crippen molar-refractivity contribution in [2.24, 2.45) is 0 Å². The first-order valence-corrected chi connectivity index (χ1v) is 5.87. The maximum atomic E-state index is 11.8. The number of benzene rings is 1. The van der Waals surface area contributed by atoms with Gasteiger partial charge in [0.05, 0.1) is 13.2 Å². The molecule has 102 valence electrons. The summed E-state index contributed by atoms with van der Waals surface area (Å²) >= 11 is 0. The number of ether oxygens (including phenoxy) is 2. The zero-order chi connectivity index (χ0) is 13.4. The second kappa shape index (κ2) is 7.26. The molecule has 18 heavy (non-hydrogen) atoms. The lowest BCUT2D eigenvalue weighted by atomic mass is 10.2. The number of rotatable bonds is 7. The van der Waals surface area contributed by atoms with E-state index < -0.39 is 12.8 Å². The zero-order valence-corrected chi connectivity index (χ0v) is 10.3. The minimum Gasteiger partial charge on any atom is -0.493 e. The lowest BCUT2D eigenvalue weighted by Gasteiger charge is -2.09. The van der Waals surface area contributed by atoms with Crippen molar-refractivity contribution in [3.05, 3.63) is 29.8 Å². The predicted octanol–water partition coefficient (Wildman–Crippen LogP) is 3.60. The minimum atomic E-state index is -4.25. The standard InChI is InChI=1S/C13H17F3O2/c1-2-11-5-3-6-12(9-11)18-8-4-7-17-10-13(14,15)16/h3,5-6,9H,2,4,7-8,10H2,1H3. The van der Waals surface area contributed by atoms with Gasteiger partial charge in [0.25, 0.3) is 0 Å². The molecule has 1 aromatic carbocycles. The highest BCUT2D eigenvalue weighted by Crippen LogP contribution is 2.15. The van der Waals surface area contributed by atoms with Gasteiger partial charge in [-0.2, -0.15) is 13.2 Å². The molecule has 0 radical (unpaired) electrons. The molecule has 5 heteroatoms. The fraction of sp³-hybridized carbons (Fsp3) is 0.538. The van der Waals surface area contributed by atoms with Gasteiger partial charge in [-0.1, -0.05) is 19.1 Å². The Bertz CT molecular complexity index is 350. The molecular weight excluding hydrogens is 245 g/mol. The second-order valence-corrected chi connectivity index (χ2v) is 3.87. The monoisotopic (exact) mass is 262 g/mol. The van der Waals surface area contributed by atoms with Crippen molar-refractivity contribution < 1.29 is 22.6 Å². The van der Waals surface area contributed by atoms with Crippen molar-refractivity contribution in [2.45, 2.75) is 25.9 Å². The van der Waals surface area contributed by atoms with Gasteiger partial charge in [0, 0.05) is 6.42 Å². The molecule has 0 N–H and O–H groups in total. The Kier molecular flexibility index (Phi) is 5.98. The molecule has 2 nitrogen and oxygen atoms in total. The molecule has 0 aliphatic rings. The van der Waals surface area contributed by atoms with Crippen molar-refractivity contribution in [3.8, 4) is 5.75 Å². The molecule has 0 fully saturated rings.